The number of carbonyl (C=O) groups excluding carboxylic acids is 2. The molecular formula is C16H20N2O4S2. The second-order valence-corrected chi connectivity index (χ2v) is 8.77. The van der Waals surface area contributed by atoms with E-state index in [1.807, 2.05) is 31.4 Å². The van der Waals surface area contributed by atoms with Crippen molar-refractivity contribution >= 4 is 40.9 Å². The van der Waals surface area contributed by atoms with Gasteiger partial charge in [0.15, 0.2) is 0 Å². The summed E-state index contributed by atoms with van der Waals surface area (Å²) in [7, 11) is 0. The Hall–Kier alpha value is -1.54. The Morgan fingerprint density at radius 2 is 2.17 bits per heavy atom. The summed E-state index contributed by atoms with van der Waals surface area (Å²) in [5.74, 6) is -1.73. The number of nitrogens with zero attached hydrogens (tertiary/aromatic N) is 1. The first-order valence-corrected chi connectivity index (χ1v) is 9.61. The van der Waals surface area contributed by atoms with Gasteiger partial charge in [0.05, 0.1) is 10.7 Å². The molecule has 3 rings (SSSR count). The second kappa shape index (κ2) is 6.07. The molecule has 2 amide bonds. The van der Waals surface area contributed by atoms with Crippen molar-refractivity contribution in [1.82, 2.24) is 10.2 Å². The molecule has 1 aromatic heterocycles. The summed E-state index contributed by atoms with van der Waals surface area (Å²) < 4.78 is 0. The Balaban J connectivity index is 1.94. The lowest BCUT2D eigenvalue weighted by Gasteiger charge is -2.57. The maximum Gasteiger partial charge on any atom is 0.314 e. The fourth-order valence-electron chi connectivity index (χ4n) is 3.46. The van der Waals surface area contributed by atoms with Crippen LogP contribution in [0, 0.1) is 11.3 Å². The van der Waals surface area contributed by atoms with Gasteiger partial charge in [0.25, 0.3) is 0 Å². The fourth-order valence-corrected chi connectivity index (χ4v) is 6.34. The monoisotopic (exact) mass is 368 g/mol. The molecular weight excluding hydrogens is 348 g/mol. The third-order valence-electron chi connectivity index (χ3n) is 4.93. The number of thiophene rings is 1. The van der Waals surface area contributed by atoms with Crippen molar-refractivity contribution in [2.45, 2.75) is 37.4 Å². The highest BCUT2D eigenvalue weighted by Gasteiger charge is 2.62. The van der Waals surface area contributed by atoms with E-state index in [9.17, 15) is 19.5 Å². The molecule has 2 aliphatic rings. The first kappa shape index (κ1) is 17.3. The van der Waals surface area contributed by atoms with Crippen molar-refractivity contribution in [2.24, 2.45) is 11.3 Å². The van der Waals surface area contributed by atoms with Crippen molar-refractivity contribution in [1.29, 1.82) is 0 Å². The third kappa shape index (κ3) is 2.43. The molecule has 24 heavy (non-hydrogen) atoms. The van der Waals surface area contributed by atoms with E-state index in [0.29, 0.717) is 0 Å². The summed E-state index contributed by atoms with van der Waals surface area (Å²) in [5.41, 5.74) is -1.19. The molecule has 0 aromatic carbocycles. The summed E-state index contributed by atoms with van der Waals surface area (Å²) in [6.07, 6.45) is 0. The van der Waals surface area contributed by atoms with Gasteiger partial charge in [-0.25, -0.2) is 0 Å². The number of hydrogen-bond acceptors (Lipinski definition) is 5. The lowest BCUT2D eigenvalue weighted by atomic mass is 9.74. The van der Waals surface area contributed by atoms with E-state index < -0.39 is 16.8 Å². The minimum absolute atomic E-state index is 0.0255. The number of carboxylic acid groups (broad SMARTS) is 1. The largest absolute Gasteiger partial charge is 0.481 e. The molecule has 0 saturated carbocycles. The van der Waals surface area contributed by atoms with Gasteiger partial charge in [-0.3, -0.25) is 14.4 Å². The summed E-state index contributed by atoms with van der Waals surface area (Å²) >= 11 is 2.91. The molecule has 2 aliphatic heterocycles. The van der Waals surface area contributed by atoms with E-state index in [1.54, 1.807) is 4.90 Å². The van der Waals surface area contributed by atoms with Crippen molar-refractivity contribution in [3.63, 3.8) is 0 Å². The number of fused-ring (bicyclic) bond motifs is 1. The van der Waals surface area contributed by atoms with E-state index in [1.165, 1.54) is 30.0 Å². The molecule has 3 unspecified atom stereocenters. The molecule has 130 valence electrons. The van der Waals surface area contributed by atoms with Crippen LogP contribution in [-0.2, 0) is 14.4 Å². The van der Waals surface area contributed by atoms with Gasteiger partial charge >= 0.3 is 5.97 Å². The molecule has 0 radical (unpaired) electrons. The third-order valence-corrected chi connectivity index (χ3v) is 7.50. The number of carboxylic acids is 1. The van der Waals surface area contributed by atoms with Gasteiger partial charge in [-0.15, -0.1) is 23.1 Å². The first-order chi connectivity index (χ1) is 11.3. The number of aliphatic carboxylic acids is 1. The van der Waals surface area contributed by atoms with E-state index in [0.717, 1.165) is 4.88 Å². The van der Waals surface area contributed by atoms with Crippen LogP contribution < -0.4 is 5.32 Å². The Labute approximate surface area is 148 Å². The molecule has 6 nitrogen and oxygen atoms in total. The van der Waals surface area contributed by atoms with Gasteiger partial charge in [-0.1, -0.05) is 19.9 Å². The van der Waals surface area contributed by atoms with Gasteiger partial charge < -0.3 is 15.3 Å². The highest BCUT2D eigenvalue weighted by atomic mass is 32.2. The molecule has 2 saturated heterocycles. The zero-order valence-electron chi connectivity index (χ0n) is 13.7. The smallest absolute Gasteiger partial charge is 0.314 e. The number of thioether (sulfide) groups is 1. The predicted octanol–water partition coefficient (Wildman–Crippen LogP) is 1.94. The fraction of sp³-hybridized carbons (Fsp3) is 0.562. The van der Waals surface area contributed by atoms with Crippen LogP contribution in [0.1, 0.15) is 31.6 Å². The molecule has 8 heteroatoms. The van der Waals surface area contributed by atoms with E-state index in [2.05, 4.69) is 5.32 Å². The number of hydrogen-bond donors (Lipinski definition) is 2. The first-order valence-electron chi connectivity index (χ1n) is 7.79. The number of nitrogens with one attached hydrogen (secondary N) is 1. The number of carbonyl (C=O) groups is 3. The number of rotatable bonds is 4. The molecule has 4 atom stereocenters. The van der Waals surface area contributed by atoms with E-state index in [4.69, 9.17) is 0 Å². The summed E-state index contributed by atoms with van der Waals surface area (Å²) in [6, 6.07) is 3.84. The van der Waals surface area contributed by atoms with Crippen LogP contribution in [-0.4, -0.2) is 45.1 Å². The Morgan fingerprint density at radius 3 is 2.67 bits per heavy atom. The molecule has 0 spiro atoms. The van der Waals surface area contributed by atoms with E-state index >= 15 is 0 Å². The van der Waals surface area contributed by atoms with Crippen molar-refractivity contribution in [3.8, 4) is 0 Å². The maximum absolute atomic E-state index is 12.6. The molecule has 2 N–H and O–H groups in total. The van der Waals surface area contributed by atoms with Crippen molar-refractivity contribution < 1.29 is 19.5 Å². The highest BCUT2D eigenvalue weighted by Crippen LogP contribution is 2.54. The van der Waals surface area contributed by atoms with Gasteiger partial charge in [0.1, 0.15) is 11.3 Å². The Morgan fingerprint density at radius 1 is 1.46 bits per heavy atom. The molecule has 1 aromatic rings. The molecule has 0 bridgehead atoms. The Kier molecular flexibility index (Phi) is 4.37. The van der Waals surface area contributed by atoms with E-state index in [-0.39, 0.29) is 35.6 Å². The average Bonchev–Trinajstić information content (AvgIpc) is 2.99. The SMILES string of the molecule is CC(=O)NC1S[C@@H]2C(c3cccs3)C(=O)N2CC1(C(=O)O)C(C)C. The molecule has 0 aliphatic carbocycles. The van der Waals surface area contributed by atoms with Gasteiger partial charge in [0, 0.05) is 18.3 Å². The van der Waals surface area contributed by atoms with Crippen LogP contribution in [0.3, 0.4) is 0 Å². The van der Waals surface area contributed by atoms with Crippen LogP contribution >= 0.6 is 23.1 Å². The maximum atomic E-state index is 12.6. The molecule has 2 fully saturated rings. The summed E-state index contributed by atoms with van der Waals surface area (Å²) in [5, 5.41) is 14.0. The predicted molar refractivity (Wildman–Crippen MR) is 92.7 cm³/mol. The zero-order valence-corrected chi connectivity index (χ0v) is 15.3. The standard InChI is InChI=1S/C16H20N2O4S2/c1-8(2)16(15(21)22)7-18-12(20)11(10-5-4-6-23-10)13(18)24-14(16)17-9(3)19/h4-6,8,11,13-14H,7H2,1-3H3,(H,17,19)(H,21,22)/t11?,13-,14?,16?/m1/s1. The van der Waals surface area contributed by atoms with Crippen molar-refractivity contribution in [2.75, 3.05) is 6.54 Å². The number of amides is 2. The summed E-state index contributed by atoms with van der Waals surface area (Å²) in [6.45, 7) is 5.17. The minimum Gasteiger partial charge on any atom is -0.481 e. The Bertz CT molecular complexity index is 676. The highest BCUT2D eigenvalue weighted by molar-refractivity contribution is 8.00. The minimum atomic E-state index is -1.19. The normalized spacial score (nSPS) is 32.2. The van der Waals surface area contributed by atoms with Gasteiger partial charge in [0.2, 0.25) is 11.8 Å². The lowest BCUT2D eigenvalue weighted by molar-refractivity contribution is -0.162. The van der Waals surface area contributed by atoms with Gasteiger partial charge in [-0.05, 0) is 17.4 Å². The van der Waals surface area contributed by atoms with Gasteiger partial charge in [-0.2, -0.15) is 0 Å². The topological polar surface area (TPSA) is 86.7 Å². The quantitative estimate of drug-likeness (QED) is 0.793. The second-order valence-electron chi connectivity index (χ2n) is 6.57. The summed E-state index contributed by atoms with van der Waals surface area (Å²) in [4.78, 5) is 39.0. The lowest BCUT2D eigenvalue weighted by Crippen LogP contribution is -2.71. The van der Waals surface area contributed by atoms with Crippen molar-refractivity contribution in [3.05, 3.63) is 22.4 Å². The van der Waals surface area contributed by atoms with Crippen LogP contribution in [0.5, 0.6) is 0 Å². The number of β-lactam (4-membered cyclic amide) rings is 1. The van der Waals surface area contributed by atoms with Crippen LogP contribution in [0.2, 0.25) is 0 Å². The zero-order chi connectivity index (χ0) is 17.6. The van der Waals surface area contributed by atoms with Crippen LogP contribution in [0.25, 0.3) is 0 Å². The molecule has 3 heterocycles. The average molecular weight is 368 g/mol. The van der Waals surface area contributed by atoms with Crippen LogP contribution in [0.4, 0.5) is 0 Å². The van der Waals surface area contributed by atoms with Crippen LogP contribution in [0.15, 0.2) is 17.5 Å².